The van der Waals surface area contributed by atoms with Crippen LogP contribution < -0.4 is 20.1 Å². The molecule has 2 heterocycles. The van der Waals surface area contributed by atoms with E-state index in [0.29, 0.717) is 23.0 Å². The zero-order valence-electron chi connectivity index (χ0n) is 14.1. The molecule has 0 radical (unpaired) electrons. The van der Waals surface area contributed by atoms with Crippen LogP contribution in [0.5, 0.6) is 11.5 Å². The summed E-state index contributed by atoms with van der Waals surface area (Å²) in [7, 11) is 0. The van der Waals surface area contributed by atoms with Crippen LogP contribution in [-0.2, 0) is 6.54 Å². The fourth-order valence-corrected chi connectivity index (χ4v) is 2.53. The van der Waals surface area contributed by atoms with Crippen LogP contribution in [0.2, 0.25) is 0 Å². The maximum Gasteiger partial charge on any atom is 0.254 e. The number of carbonyl (C=O) groups is 1. The third-order valence-electron chi connectivity index (χ3n) is 3.94. The molecule has 0 fully saturated rings. The number of anilines is 2. The molecule has 1 aliphatic rings. The van der Waals surface area contributed by atoms with Crippen molar-refractivity contribution < 1.29 is 18.7 Å². The van der Waals surface area contributed by atoms with Gasteiger partial charge < -0.3 is 20.1 Å². The number of halogens is 1. The van der Waals surface area contributed by atoms with Crippen molar-refractivity contribution in [2.45, 2.75) is 6.54 Å². The second kappa shape index (κ2) is 7.28. The van der Waals surface area contributed by atoms with E-state index in [4.69, 9.17) is 9.47 Å². The Kier molecular flexibility index (Phi) is 4.52. The lowest BCUT2D eigenvalue weighted by Crippen LogP contribution is -2.23. The zero-order valence-corrected chi connectivity index (χ0v) is 14.1. The molecule has 0 aliphatic carbocycles. The number of aromatic nitrogens is 2. The van der Waals surface area contributed by atoms with Gasteiger partial charge in [-0.05, 0) is 18.2 Å². The van der Waals surface area contributed by atoms with Crippen molar-refractivity contribution in [1.82, 2.24) is 15.3 Å². The molecule has 4 rings (SSSR count). The summed E-state index contributed by atoms with van der Waals surface area (Å²) < 4.78 is 24.2. The lowest BCUT2D eigenvalue weighted by molar-refractivity contribution is 0.0950. The van der Waals surface area contributed by atoms with Gasteiger partial charge in [-0.15, -0.1) is 0 Å². The van der Waals surface area contributed by atoms with Gasteiger partial charge >= 0.3 is 0 Å². The molecule has 2 aromatic carbocycles. The summed E-state index contributed by atoms with van der Waals surface area (Å²) in [5, 5.41) is 5.67. The van der Waals surface area contributed by atoms with Gasteiger partial charge in [0.1, 0.15) is 5.82 Å². The van der Waals surface area contributed by atoms with Crippen molar-refractivity contribution in [2.24, 2.45) is 0 Å². The van der Waals surface area contributed by atoms with E-state index in [1.165, 1.54) is 18.5 Å². The Morgan fingerprint density at radius 3 is 2.67 bits per heavy atom. The first-order valence-corrected chi connectivity index (χ1v) is 8.19. The summed E-state index contributed by atoms with van der Waals surface area (Å²) >= 11 is 0. The average Bonchev–Trinajstić information content (AvgIpc) is 3.15. The summed E-state index contributed by atoms with van der Waals surface area (Å²) in [6.07, 6.45) is 2.80. The van der Waals surface area contributed by atoms with Gasteiger partial charge in [0.05, 0.1) is 5.56 Å². The van der Waals surface area contributed by atoms with Crippen LogP contribution in [0.1, 0.15) is 15.9 Å². The van der Waals surface area contributed by atoms with E-state index in [1.54, 1.807) is 30.3 Å². The summed E-state index contributed by atoms with van der Waals surface area (Å²) in [6, 6.07) is 11.7. The zero-order chi connectivity index (χ0) is 18.6. The Bertz CT molecular complexity index is 979. The molecule has 1 amide bonds. The standard InChI is InChI=1S/C19H15FN4O3/c20-15-4-2-1-3-12(15)8-21-18(25)13-9-22-19(23-10-13)24-14-5-6-16-17(7-14)27-11-26-16/h1-7,9-10H,8,11H2,(H,21,25)(H,22,23,24). The van der Waals surface area contributed by atoms with Gasteiger partial charge in [-0.3, -0.25) is 4.79 Å². The Morgan fingerprint density at radius 2 is 1.85 bits per heavy atom. The fourth-order valence-electron chi connectivity index (χ4n) is 2.53. The van der Waals surface area contributed by atoms with E-state index < -0.39 is 0 Å². The Hall–Kier alpha value is -3.68. The van der Waals surface area contributed by atoms with Gasteiger partial charge in [0.25, 0.3) is 5.91 Å². The number of amides is 1. The first-order valence-electron chi connectivity index (χ1n) is 8.19. The van der Waals surface area contributed by atoms with Crippen molar-refractivity contribution in [1.29, 1.82) is 0 Å². The number of hydrogen-bond acceptors (Lipinski definition) is 6. The van der Waals surface area contributed by atoms with Crippen LogP contribution in [0.15, 0.2) is 54.9 Å². The second-order valence-corrected chi connectivity index (χ2v) is 5.76. The second-order valence-electron chi connectivity index (χ2n) is 5.76. The Balaban J connectivity index is 1.38. The lowest BCUT2D eigenvalue weighted by Gasteiger charge is -2.08. The van der Waals surface area contributed by atoms with Crippen LogP contribution in [0.3, 0.4) is 0 Å². The van der Waals surface area contributed by atoms with Crippen LogP contribution >= 0.6 is 0 Å². The van der Waals surface area contributed by atoms with Crippen LogP contribution in [-0.4, -0.2) is 22.7 Å². The molecule has 1 aromatic heterocycles. The highest BCUT2D eigenvalue weighted by atomic mass is 19.1. The van der Waals surface area contributed by atoms with Gasteiger partial charge in [0.15, 0.2) is 11.5 Å². The third kappa shape index (κ3) is 3.79. The molecular weight excluding hydrogens is 351 g/mol. The molecule has 136 valence electrons. The number of nitrogens with zero attached hydrogens (tertiary/aromatic N) is 2. The van der Waals surface area contributed by atoms with E-state index in [1.807, 2.05) is 6.07 Å². The van der Waals surface area contributed by atoms with Crippen molar-refractivity contribution >= 4 is 17.5 Å². The van der Waals surface area contributed by atoms with Gasteiger partial charge in [0.2, 0.25) is 12.7 Å². The van der Waals surface area contributed by atoms with E-state index >= 15 is 0 Å². The van der Waals surface area contributed by atoms with Crippen LogP contribution in [0, 0.1) is 5.82 Å². The smallest absolute Gasteiger partial charge is 0.254 e. The third-order valence-corrected chi connectivity index (χ3v) is 3.94. The predicted molar refractivity (Wildman–Crippen MR) is 95.4 cm³/mol. The van der Waals surface area contributed by atoms with E-state index in [9.17, 15) is 9.18 Å². The molecule has 0 unspecified atom stereocenters. The fraction of sp³-hybridized carbons (Fsp3) is 0.105. The first kappa shape index (κ1) is 16.8. The monoisotopic (exact) mass is 366 g/mol. The van der Waals surface area contributed by atoms with E-state index in [-0.39, 0.29) is 30.6 Å². The van der Waals surface area contributed by atoms with Gasteiger partial charge in [-0.1, -0.05) is 18.2 Å². The molecule has 2 N–H and O–H groups in total. The predicted octanol–water partition coefficient (Wildman–Crippen LogP) is 3.02. The number of benzene rings is 2. The van der Waals surface area contributed by atoms with Crippen molar-refractivity contribution in [3.63, 3.8) is 0 Å². The van der Waals surface area contributed by atoms with Crippen molar-refractivity contribution in [3.8, 4) is 11.5 Å². The lowest BCUT2D eigenvalue weighted by atomic mass is 10.2. The quantitative estimate of drug-likeness (QED) is 0.722. The minimum absolute atomic E-state index is 0.0860. The van der Waals surface area contributed by atoms with Crippen molar-refractivity contribution in [2.75, 3.05) is 12.1 Å². The number of hydrogen-bond donors (Lipinski definition) is 2. The maximum atomic E-state index is 13.6. The largest absolute Gasteiger partial charge is 0.454 e. The summed E-state index contributed by atoms with van der Waals surface area (Å²) in [5.41, 5.74) is 1.42. The first-order chi connectivity index (χ1) is 13.2. The minimum atomic E-state index is -0.382. The highest BCUT2D eigenvalue weighted by Crippen LogP contribution is 2.34. The van der Waals surface area contributed by atoms with E-state index in [2.05, 4.69) is 20.6 Å². The number of nitrogens with one attached hydrogen (secondary N) is 2. The highest BCUT2D eigenvalue weighted by molar-refractivity contribution is 5.93. The Labute approximate surface area is 154 Å². The summed E-state index contributed by atoms with van der Waals surface area (Å²) in [5.74, 6) is 0.914. The number of rotatable bonds is 5. The average molecular weight is 366 g/mol. The number of fused-ring (bicyclic) bond motifs is 1. The maximum absolute atomic E-state index is 13.6. The Morgan fingerprint density at radius 1 is 1.07 bits per heavy atom. The summed E-state index contributed by atoms with van der Waals surface area (Å²) in [6.45, 7) is 0.286. The molecule has 3 aromatic rings. The van der Waals surface area contributed by atoms with Crippen molar-refractivity contribution in [3.05, 3.63) is 71.8 Å². The molecule has 0 saturated heterocycles. The molecule has 8 heteroatoms. The van der Waals surface area contributed by atoms with Crippen LogP contribution in [0.25, 0.3) is 0 Å². The highest BCUT2D eigenvalue weighted by Gasteiger charge is 2.14. The molecule has 27 heavy (non-hydrogen) atoms. The molecule has 0 atom stereocenters. The minimum Gasteiger partial charge on any atom is -0.454 e. The van der Waals surface area contributed by atoms with Crippen LogP contribution in [0.4, 0.5) is 16.0 Å². The van der Waals surface area contributed by atoms with Gasteiger partial charge in [0, 0.05) is 36.3 Å². The molecule has 0 bridgehead atoms. The van der Waals surface area contributed by atoms with E-state index in [0.717, 1.165) is 5.69 Å². The molecule has 0 spiro atoms. The topological polar surface area (TPSA) is 85.4 Å². The molecule has 1 aliphatic heterocycles. The molecule has 7 nitrogen and oxygen atoms in total. The normalized spacial score (nSPS) is 11.9. The van der Waals surface area contributed by atoms with Gasteiger partial charge in [-0.25, -0.2) is 14.4 Å². The SMILES string of the molecule is O=C(NCc1ccccc1F)c1cnc(Nc2ccc3c(c2)OCO3)nc1. The number of carbonyl (C=O) groups excluding carboxylic acids is 1. The molecule has 0 saturated carbocycles. The molecular formula is C19H15FN4O3. The summed E-state index contributed by atoms with van der Waals surface area (Å²) in [4.78, 5) is 20.4. The number of ether oxygens (including phenoxy) is 2. The van der Waals surface area contributed by atoms with Gasteiger partial charge in [-0.2, -0.15) is 0 Å².